The van der Waals surface area contributed by atoms with Crippen LogP contribution in [0.3, 0.4) is 0 Å². The first-order chi connectivity index (χ1) is 10.9. The van der Waals surface area contributed by atoms with E-state index in [1.807, 2.05) is 6.20 Å². The van der Waals surface area contributed by atoms with Crippen LogP contribution in [0, 0.1) is 0 Å². The standard InChI is InChI=1S/C21H17N/c1-3-8-16(9-4-1)21(17-10-5-2-6-11-17)19-12-7-13-20-18(19)14-15-22-20/h1-15,21-22H. The molecule has 1 N–H and O–H groups in total. The zero-order chi connectivity index (χ0) is 14.8. The van der Waals surface area contributed by atoms with Crippen LogP contribution in [0.15, 0.2) is 91.1 Å². The van der Waals surface area contributed by atoms with Gasteiger partial charge in [0.2, 0.25) is 0 Å². The molecule has 0 spiro atoms. The third kappa shape index (κ3) is 2.21. The van der Waals surface area contributed by atoms with E-state index in [1.54, 1.807) is 0 Å². The molecule has 0 fully saturated rings. The maximum Gasteiger partial charge on any atom is 0.0457 e. The van der Waals surface area contributed by atoms with Crippen LogP contribution in [0.25, 0.3) is 10.9 Å². The fraction of sp³-hybridized carbons (Fsp3) is 0.0476. The maximum absolute atomic E-state index is 3.32. The highest BCUT2D eigenvalue weighted by Crippen LogP contribution is 2.35. The number of nitrogens with one attached hydrogen (secondary N) is 1. The molecule has 0 radical (unpaired) electrons. The number of benzene rings is 3. The summed E-state index contributed by atoms with van der Waals surface area (Å²) in [4.78, 5) is 3.32. The van der Waals surface area contributed by atoms with Gasteiger partial charge in [0.05, 0.1) is 0 Å². The summed E-state index contributed by atoms with van der Waals surface area (Å²) in [7, 11) is 0. The normalized spacial score (nSPS) is 11.1. The molecule has 1 heteroatoms. The number of hydrogen-bond acceptors (Lipinski definition) is 0. The smallest absolute Gasteiger partial charge is 0.0457 e. The molecule has 0 atom stereocenters. The molecule has 0 saturated heterocycles. The SMILES string of the molecule is c1ccc(C(c2ccccc2)c2cccc3[nH]ccc23)cc1. The first-order valence-electron chi connectivity index (χ1n) is 7.59. The van der Waals surface area contributed by atoms with Gasteiger partial charge in [0.15, 0.2) is 0 Å². The number of aromatic nitrogens is 1. The van der Waals surface area contributed by atoms with Crippen LogP contribution in [0.2, 0.25) is 0 Å². The molecule has 0 unspecified atom stereocenters. The first kappa shape index (κ1) is 12.9. The highest BCUT2D eigenvalue weighted by Gasteiger charge is 2.18. The summed E-state index contributed by atoms with van der Waals surface area (Å²) in [5, 5.41) is 1.29. The minimum atomic E-state index is 0.252. The Morgan fingerprint density at radius 3 is 1.86 bits per heavy atom. The van der Waals surface area contributed by atoms with Gasteiger partial charge in [-0.25, -0.2) is 0 Å². The Morgan fingerprint density at radius 2 is 1.23 bits per heavy atom. The van der Waals surface area contributed by atoms with Crippen LogP contribution in [0.4, 0.5) is 0 Å². The number of rotatable bonds is 3. The van der Waals surface area contributed by atoms with Crippen LogP contribution in [0.5, 0.6) is 0 Å². The van der Waals surface area contributed by atoms with Gasteiger partial charge in [-0.1, -0.05) is 72.8 Å². The van der Waals surface area contributed by atoms with Gasteiger partial charge in [-0.2, -0.15) is 0 Å². The van der Waals surface area contributed by atoms with Crippen LogP contribution in [0.1, 0.15) is 22.6 Å². The summed E-state index contributed by atoms with van der Waals surface area (Å²) in [5.41, 5.74) is 5.18. The van der Waals surface area contributed by atoms with Crippen molar-refractivity contribution < 1.29 is 0 Å². The van der Waals surface area contributed by atoms with Gasteiger partial charge in [-0.3, -0.25) is 0 Å². The zero-order valence-electron chi connectivity index (χ0n) is 12.2. The summed E-state index contributed by atoms with van der Waals surface area (Å²) in [6.07, 6.45) is 2.02. The summed E-state index contributed by atoms with van der Waals surface area (Å²) >= 11 is 0. The molecule has 0 aliphatic heterocycles. The molecular weight excluding hydrogens is 266 g/mol. The van der Waals surface area contributed by atoms with Crippen LogP contribution in [-0.2, 0) is 0 Å². The zero-order valence-corrected chi connectivity index (χ0v) is 12.2. The minimum Gasteiger partial charge on any atom is -0.361 e. The molecule has 106 valence electrons. The second-order valence-electron chi connectivity index (χ2n) is 5.54. The molecule has 1 nitrogen and oxygen atoms in total. The molecule has 1 heterocycles. The minimum absolute atomic E-state index is 0.252. The van der Waals surface area contributed by atoms with Gasteiger partial charge in [0.25, 0.3) is 0 Å². The van der Waals surface area contributed by atoms with Gasteiger partial charge in [-0.15, -0.1) is 0 Å². The molecule has 0 amide bonds. The third-order valence-electron chi connectivity index (χ3n) is 4.21. The molecule has 0 saturated carbocycles. The number of H-pyrrole nitrogens is 1. The summed E-state index contributed by atoms with van der Waals surface area (Å²) in [6, 6.07) is 30.1. The Kier molecular flexibility index (Phi) is 3.24. The monoisotopic (exact) mass is 283 g/mol. The van der Waals surface area contributed by atoms with E-state index in [4.69, 9.17) is 0 Å². The summed E-state index contributed by atoms with van der Waals surface area (Å²) < 4.78 is 0. The van der Waals surface area contributed by atoms with E-state index in [-0.39, 0.29) is 5.92 Å². The molecule has 0 bridgehead atoms. The van der Waals surface area contributed by atoms with Gasteiger partial charge >= 0.3 is 0 Å². The van der Waals surface area contributed by atoms with Crippen molar-refractivity contribution >= 4 is 10.9 Å². The molecule has 0 aliphatic carbocycles. The van der Waals surface area contributed by atoms with Crippen molar-refractivity contribution in [3.63, 3.8) is 0 Å². The molecule has 4 aromatic rings. The quantitative estimate of drug-likeness (QED) is 0.488. The third-order valence-corrected chi connectivity index (χ3v) is 4.21. The van der Waals surface area contributed by atoms with E-state index in [2.05, 4.69) is 89.9 Å². The molecule has 22 heavy (non-hydrogen) atoms. The van der Waals surface area contributed by atoms with Gasteiger partial charge in [0.1, 0.15) is 0 Å². The van der Waals surface area contributed by atoms with Gasteiger partial charge in [0, 0.05) is 23.0 Å². The van der Waals surface area contributed by atoms with E-state index in [9.17, 15) is 0 Å². The largest absolute Gasteiger partial charge is 0.361 e. The number of aromatic amines is 1. The van der Waals surface area contributed by atoms with Crippen LogP contribution >= 0.6 is 0 Å². The second kappa shape index (κ2) is 5.53. The van der Waals surface area contributed by atoms with Crippen molar-refractivity contribution in [1.82, 2.24) is 4.98 Å². The lowest BCUT2D eigenvalue weighted by atomic mass is 9.84. The van der Waals surface area contributed by atoms with Gasteiger partial charge < -0.3 is 4.98 Å². The topological polar surface area (TPSA) is 15.8 Å². The lowest BCUT2D eigenvalue weighted by Crippen LogP contribution is -2.03. The van der Waals surface area contributed by atoms with Crippen molar-refractivity contribution in [2.45, 2.75) is 5.92 Å². The van der Waals surface area contributed by atoms with Crippen LogP contribution < -0.4 is 0 Å². The Morgan fingerprint density at radius 1 is 0.591 bits per heavy atom. The Bertz CT molecular complexity index is 836. The average Bonchev–Trinajstić information content (AvgIpc) is 3.07. The van der Waals surface area contributed by atoms with Gasteiger partial charge in [-0.05, 0) is 28.8 Å². The van der Waals surface area contributed by atoms with E-state index in [0.29, 0.717) is 0 Å². The highest BCUT2D eigenvalue weighted by atomic mass is 14.7. The Hall–Kier alpha value is -2.80. The first-order valence-corrected chi connectivity index (χ1v) is 7.59. The number of hydrogen-bond donors (Lipinski definition) is 1. The van der Waals surface area contributed by atoms with Crippen molar-refractivity contribution in [1.29, 1.82) is 0 Å². The van der Waals surface area contributed by atoms with E-state index >= 15 is 0 Å². The average molecular weight is 283 g/mol. The Labute approximate surface area is 130 Å². The van der Waals surface area contributed by atoms with Crippen molar-refractivity contribution in [2.75, 3.05) is 0 Å². The van der Waals surface area contributed by atoms with E-state index in [1.165, 1.54) is 27.6 Å². The molecule has 3 aromatic carbocycles. The Balaban J connectivity index is 1.97. The lowest BCUT2D eigenvalue weighted by Gasteiger charge is -2.19. The highest BCUT2D eigenvalue weighted by molar-refractivity contribution is 5.84. The summed E-state index contributed by atoms with van der Waals surface area (Å²) in [5.74, 6) is 0.252. The van der Waals surface area contributed by atoms with Crippen LogP contribution in [-0.4, -0.2) is 4.98 Å². The molecular formula is C21H17N. The second-order valence-corrected chi connectivity index (χ2v) is 5.54. The molecule has 0 aliphatic rings. The maximum atomic E-state index is 3.32. The molecule has 1 aromatic heterocycles. The predicted molar refractivity (Wildman–Crippen MR) is 92.1 cm³/mol. The summed E-state index contributed by atoms with van der Waals surface area (Å²) in [6.45, 7) is 0. The van der Waals surface area contributed by atoms with E-state index in [0.717, 1.165) is 0 Å². The molecule has 4 rings (SSSR count). The van der Waals surface area contributed by atoms with Crippen molar-refractivity contribution in [3.8, 4) is 0 Å². The number of fused-ring (bicyclic) bond motifs is 1. The fourth-order valence-electron chi connectivity index (χ4n) is 3.20. The fourth-order valence-corrected chi connectivity index (χ4v) is 3.20. The van der Waals surface area contributed by atoms with Crippen molar-refractivity contribution in [3.05, 3.63) is 108 Å². The van der Waals surface area contributed by atoms with E-state index < -0.39 is 0 Å². The predicted octanol–water partition coefficient (Wildman–Crippen LogP) is 5.35. The lowest BCUT2D eigenvalue weighted by molar-refractivity contribution is 0.989. The van der Waals surface area contributed by atoms with Crippen molar-refractivity contribution in [2.24, 2.45) is 0 Å².